The highest BCUT2D eigenvalue weighted by atomic mass is 16.5. The van der Waals surface area contributed by atoms with Crippen LogP contribution in [0.1, 0.15) is 6.92 Å². The third kappa shape index (κ3) is 3.73. The van der Waals surface area contributed by atoms with Crippen molar-refractivity contribution in [3.63, 3.8) is 0 Å². The van der Waals surface area contributed by atoms with Crippen LogP contribution in [0.3, 0.4) is 0 Å². The molecule has 2 atom stereocenters. The number of aliphatic hydroxyl groups excluding tert-OH is 1. The summed E-state index contributed by atoms with van der Waals surface area (Å²) in [6.45, 7) is 0.900. The number of carbonyl (C=O) groups is 2. The molecule has 116 valence electrons. The lowest BCUT2D eigenvalue weighted by atomic mass is 10.1. The number of carboxylic acids is 1. The van der Waals surface area contributed by atoms with Gasteiger partial charge in [-0.05, 0) is 18.4 Å². The molecule has 0 saturated carbocycles. The van der Waals surface area contributed by atoms with Crippen LogP contribution in [0.5, 0.6) is 5.75 Å². The topological polar surface area (TPSA) is 98.7 Å². The number of aliphatic hydroxyl groups is 1. The van der Waals surface area contributed by atoms with Crippen molar-refractivity contribution >= 4 is 22.6 Å². The summed E-state index contributed by atoms with van der Waals surface area (Å²) in [5.74, 6) is -1.67. The molecule has 0 bridgehead atoms. The Kier molecular flexibility index (Phi) is 4.95. The minimum absolute atomic E-state index is 0.357. The van der Waals surface area contributed by atoms with Crippen LogP contribution in [-0.4, -0.2) is 35.7 Å². The zero-order valence-electron chi connectivity index (χ0n) is 12.0. The normalized spacial score (nSPS) is 13.4. The second-order valence-electron chi connectivity index (χ2n) is 4.87. The average molecular weight is 302 g/mol. The Hall–Kier alpha value is -2.60. The van der Waals surface area contributed by atoms with Gasteiger partial charge in [-0.1, -0.05) is 36.4 Å². The lowest BCUT2D eigenvalue weighted by Gasteiger charge is -2.22. The molecule has 2 aromatic carbocycles. The highest BCUT2D eigenvalue weighted by molar-refractivity contribution is 5.89. The van der Waals surface area contributed by atoms with Gasteiger partial charge in [0.1, 0.15) is 5.75 Å². The van der Waals surface area contributed by atoms with E-state index in [0.29, 0.717) is 5.75 Å². The van der Waals surface area contributed by atoms with Gasteiger partial charge in [-0.25, -0.2) is 0 Å². The van der Waals surface area contributed by atoms with E-state index in [4.69, 9.17) is 4.74 Å². The van der Waals surface area contributed by atoms with Crippen molar-refractivity contribution in [2.45, 2.75) is 19.1 Å². The van der Waals surface area contributed by atoms with Gasteiger partial charge in [0, 0.05) is 5.39 Å². The van der Waals surface area contributed by atoms with Crippen molar-refractivity contribution in [3.05, 3.63) is 42.5 Å². The predicted molar refractivity (Wildman–Crippen MR) is 78.1 cm³/mol. The molecule has 0 aliphatic rings. The third-order valence-electron chi connectivity index (χ3n) is 3.16. The van der Waals surface area contributed by atoms with Crippen LogP contribution in [-0.2, 0) is 9.59 Å². The van der Waals surface area contributed by atoms with E-state index in [1.807, 2.05) is 30.3 Å². The average Bonchev–Trinajstić information content (AvgIpc) is 2.49. The smallest absolute Gasteiger partial charge is 0.258 e. The van der Waals surface area contributed by atoms with Crippen LogP contribution in [0.2, 0.25) is 0 Å². The number of ether oxygens (including phenoxy) is 1. The number of carboxylic acid groups (broad SMARTS) is 1. The van der Waals surface area contributed by atoms with Crippen LogP contribution in [0.25, 0.3) is 10.8 Å². The summed E-state index contributed by atoms with van der Waals surface area (Å²) in [6, 6.07) is 11.5. The van der Waals surface area contributed by atoms with Crippen LogP contribution in [0, 0.1) is 0 Å². The summed E-state index contributed by atoms with van der Waals surface area (Å²) in [6.07, 6.45) is -1.26. The molecule has 0 aliphatic carbocycles. The highest BCUT2D eigenvalue weighted by Gasteiger charge is 2.19. The molecule has 2 N–H and O–H groups in total. The number of amides is 1. The molecule has 2 aromatic rings. The zero-order valence-corrected chi connectivity index (χ0v) is 12.0. The first-order chi connectivity index (χ1) is 10.5. The molecular weight excluding hydrogens is 286 g/mol. The summed E-state index contributed by atoms with van der Waals surface area (Å²) in [7, 11) is 0. The summed E-state index contributed by atoms with van der Waals surface area (Å²) in [5, 5.41) is 24.1. The molecule has 0 aromatic heterocycles. The van der Waals surface area contributed by atoms with Gasteiger partial charge in [0.2, 0.25) is 0 Å². The number of fused-ring (bicyclic) bond motifs is 1. The Morgan fingerprint density at radius 2 is 1.91 bits per heavy atom. The Labute approximate surface area is 127 Å². The minimum Gasteiger partial charge on any atom is -0.548 e. The fourth-order valence-electron chi connectivity index (χ4n) is 2.06. The molecule has 0 saturated heterocycles. The highest BCUT2D eigenvalue weighted by Crippen LogP contribution is 2.24. The maximum Gasteiger partial charge on any atom is 0.258 e. The first-order valence-corrected chi connectivity index (χ1v) is 6.78. The van der Waals surface area contributed by atoms with E-state index < -0.39 is 24.0 Å². The number of benzene rings is 2. The third-order valence-corrected chi connectivity index (χ3v) is 3.16. The van der Waals surface area contributed by atoms with E-state index in [1.54, 1.807) is 12.1 Å². The molecule has 0 aliphatic heterocycles. The number of carbonyl (C=O) groups excluding carboxylic acids is 2. The van der Waals surface area contributed by atoms with E-state index in [2.05, 4.69) is 5.32 Å². The summed E-state index contributed by atoms with van der Waals surface area (Å²) < 4.78 is 5.43. The van der Waals surface area contributed by atoms with Gasteiger partial charge in [-0.3, -0.25) is 4.79 Å². The maximum absolute atomic E-state index is 11.7. The number of rotatable bonds is 6. The number of aliphatic carboxylic acids is 1. The first kappa shape index (κ1) is 15.8. The molecule has 6 nitrogen and oxygen atoms in total. The van der Waals surface area contributed by atoms with Gasteiger partial charge < -0.3 is 25.1 Å². The van der Waals surface area contributed by atoms with Crippen LogP contribution in [0.4, 0.5) is 0 Å². The predicted octanol–water partition coefficient (Wildman–Crippen LogP) is -0.166. The van der Waals surface area contributed by atoms with E-state index >= 15 is 0 Å². The lowest BCUT2D eigenvalue weighted by molar-refractivity contribution is -0.310. The van der Waals surface area contributed by atoms with Crippen LogP contribution >= 0.6 is 0 Å². The van der Waals surface area contributed by atoms with E-state index in [1.165, 1.54) is 6.92 Å². The summed E-state index contributed by atoms with van der Waals surface area (Å²) in [5.41, 5.74) is 0. The van der Waals surface area contributed by atoms with Crippen molar-refractivity contribution < 1.29 is 24.5 Å². The summed E-state index contributed by atoms with van der Waals surface area (Å²) in [4.78, 5) is 22.5. The van der Waals surface area contributed by atoms with Crippen molar-refractivity contribution in [1.29, 1.82) is 0 Å². The number of nitrogens with one attached hydrogen (secondary N) is 1. The van der Waals surface area contributed by atoms with Crippen LogP contribution < -0.4 is 15.2 Å². The monoisotopic (exact) mass is 302 g/mol. The largest absolute Gasteiger partial charge is 0.548 e. The van der Waals surface area contributed by atoms with Gasteiger partial charge in [0.05, 0.1) is 18.1 Å². The van der Waals surface area contributed by atoms with Crippen molar-refractivity contribution in [2.75, 3.05) is 6.61 Å². The second kappa shape index (κ2) is 6.91. The van der Waals surface area contributed by atoms with Crippen molar-refractivity contribution in [2.24, 2.45) is 0 Å². The van der Waals surface area contributed by atoms with Gasteiger partial charge in [0.15, 0.2) is 6.61 Å². The fourth-order valence-corrected chi connectivity index (χ4v) is 2.06. The van der Waals surface area contributed by atoms with Crippen LogP contribution in [0.15, 0.2) is 42.5 Å². The Morgan fingerprint density at radius 1 is 1.23 bits per heavy atom. The van der Waals surface area contributed by atoms with Crippen molar-refractivity contribution in [3.8, 4) is 5.75 Å². The zero-order chi connectivity index (χ0) is 16.1. The summed E-state index contributed by atoms with van der Waals surface area (Å²) >= 11 is 0. The van der Waals surface area contributed by atoms with Gasteiger partial charge in [0.25, 0.3) is 5.91 Å². The Balaban J connectivity index is 2.03. The second-order valence-corrected chi connectivity index (χ2v) is 4.87. The first-order valence-electron chi connectivity index (χ1n) is 6.78. The molecule has 0 fully saturated rings. The molecule has 0 radical (unpaired) electrons. The molecule has 2 rings (SSSR count). The van der Waals surface area contributed by atoms with E-state index in [9.17, 15) is 19.8 Å². The van der Waals surface area contributed by atoms with E-state index in [0.717, 1.165) is 10.8 Å². The van der Waals surface area contributed by atoms with Gasteiger partial charge >= 0.3 is 0 Å². The number of hydrogen-bond donors (Lipinski definition) is 2. The molecule has 0 spiro atoms. The molecular formula is C16H16NO5-. The van der Waals surface area contributed by atoms with Crippen molar-refractivity contribution in [1.82, 2.24) is 5.32 Å². The van der Waals surface area contributed by atoms with E-state index in [-0.39, 0.29) is 6.61 Å². The minimum atomic E-state index is -1.55. The number of hydrogen-bond acceptors (Lipinski definition) is 5. The Bertz CT molecular complexity index is 678. The lowest BCUT2D eigenvalue weighted by Crippen LogP contribution is -2.54. The molecule has 22 heavy (non-hydrogen) atoms. The standard InChI is InChI=1S/C16H17NO5/c1-10(18)15(16(20)21)17-14(19)9-22-13-8-4-6-11-5-2-3-7-12(11)13/h2-8,10,15,18H,9H2,1H3,(H,17,19)(H,20,21)/p-1/t10-,15-/m1/s1. The quantitative estimate of drug-likeness (QED) is 0.772. The maximum atomic E-state index is 11.7. The SMILES string of the molecule is C[C@@H](O)[C@@H](NC(=O)COc1cccc2ccccc12)C(=O)[O-]. The fraction of sp³-hybridized carbons (Fsp3) is 0.250. The van der Waals surface area contributed by atoms with Gasteiger partial charge in [-0.15, -0.1) is 0 Å². The molecule has 1 amide bonds. The molecule has 0 heterocycles. The molecule has 0 unspecified atom stereocenters. The Morgan fingerprint density at radius 3 is 2.59 bits per heavy atom. The van der Waals surface area contributed by atoms with Gasteiger partial charge in [-0.2, -0.15) is 0 Å². The molecule has 6 heteroatoms.